The zero-order chi connectivity index (χ0) is 15.5. The van der Waals surface area contributed by atoms with Crippen molar-refractivity contribution in [3.63, 3.8) is 0 Å². The standard InChI is InChI=1S/C17H16ClNO3/c1-12(20)21-17-11-16(13-7-9-14(18)10-8-13)19(22-17)15-5-3-2-4-6-15/h2-10,16-17H,11H2,1H3. The molecule has 0 saturated carbocycles. The lowest BCUT2D eigenvalue weighted by molar-refractivity contribution is -0.168. The highest BCUT2D eigenvalue weighted by Crippen LogP contribution is 2.38. The molecule has 2 atom stereocenters. The van der Waals surface area contributed by atoms with Gasteiger partial charge < -0.3 is 4.74 Å². The Hall–Kier alpha value is -2.04. The summed E-state index contributed by atoms with van der Waals surface area (Å²) in [6, 6.07) is 17.3. The van der Waals surface area contributed by atoms with Gasteiger partial charge in [-0.1, -0.05) is 41.9 Å². The Morgan fingerprint density at radius 3 is 2.50 bits per heavy atom. The van der Waals surface area contributed by atoms with Crippen LogP contribution in [0.1, 0.15) is 24.9 Å². The number of nitrogens with zero attached hydrogens (tertiary/aromatic N) is 1. The lowest BCUT2D eigenvalue weighted by atomic mass is 10.0. The molecule has 2 aromatic carbocycles. The van der Waals surface area contributed by atoms with E-state index in [0.717, 1.165) is 11.3 Å². The van der Waals surface area contributed by atoms with Crippen molar-refractivity contribution in [3.05, 3.63) is 65.2 Å². The summed E-state index contributed by atoms with van der Waals surface area (Å²) in [6.45, 7) is 1.38. The summed E-state index contributed by atoms with van der Waals surface area (Å²) in [5.41, 5.74) is 1.97. The third-order valence-electron chi connectivity index (χ3n) is 3.49. The van der Waals surface area contributed by atoms with E-state index in [4.69, 9.17) is 21.2 Å². The van der Waals surface area contributed by atoms with Crippen molar-refractivity contribution in [1.82, 2.24) is 0 Å². The number of hydrogen-bond donors (Lipinski definition) is 0. The predicted molar refractivity (Wildman–Crippen MR) is 84.4 cm³/mol. The number of halogens is 1. The average Bonchev–Trinajstić information content (AvgIpc) is 2.92. The molecule has 0 radical (unpaired) electrons. The minimum absolute atomic E-state index is 0.0379. The Morgan fingerprint density at radius 1 is 1.18 bits per heavy atom. The van der Waals surface area contributed by atoms with Crippen molar-refractivity contribution >= 4 is 23.3 Å². The molecule has 0 spiro atoms. The van der Waals surface area contributed by atoms with Crippen LogP contribution in [0.4, 0.5) is 5.69 Å². The number of hydrogen-bond acceptors (Lipinski definition) is 4. The molecule has 0 amide bonds. The molecule has 2 aromatic rings. The molecule has 0 N–H and O–H groups in total. The smallest absolute Gasteiger partial charge is 0.305 e. The van der Waals surface area contributed by atoms with E-state index in [1.165, 1.54) is 6.92 Å². The van der Waals surface area contributed by atoms with Gasteiger partial charge in [-0.25, -0.2) is 9.90 Å². The highest BCUT2D eigenvalue weighted by atomic mass is 35.5. The van der Waals surface area contributed by atoms with Crippen molar-refractivity contribution in [3.8, 4) is 0 Å². The van der Waals surface area contributed by atoms with Crippen molar-refractivity contribution in [2.24, 2.45) is 0 Å². The second-order valence-electron chi connectivity index (χ2n) is 5.11. The van der Waals surface area contributed by atoms with Crippen LogP contribution >= 0.6 is 11.6 Å². The van der Waals surface area contributed by atoms with E-state index in [1.807, 2.05) is 54.6 Å². The van der Waals surface area contributed by atoms with Gasteiger partial charge in [-0.3, -0.25) is 4.79 Å². The fourth-order valence-electron chi connectivity index (χ4n) is 2.55. The number of hydroxylamine groups is 1. The van der Waals surface area contributed by atoms with Gasteiger partial charge in [0.1, 0.15) is 0 Å². The minimum Gasteiger partial charge on any atom is -0.434 e. The van der Waals surface area contributed by atoms with Gasteiger partial charge in [0.05, 0.1) is 11.7 Å². The number of carbonyl (C=O) groups excluding carboxylic acids is 1. The van der Waals surface area contributed by atoms with E-state index in [0.29, 0.717) is 11.4 Å². The fraction of sp³-hybridized carbons (Fsp3) is 0.235. The molecule has 22 heavy (non-hydrogen) atoms. The highest BCUT2D eigenvalue weighted by Gasteiger charge is 2.36. The van der Waals surface area contributed by atoms with Crippen molar-refractivity contribution in [2.45, 2.75) is 25.7 Å². The lowest BCUT2D eigenvalue weighted by Gasteiger charge is -2.24. The van der Waals surface area contributed by atoms with Crippen LogP contribution in [0.5, 0.6) is 0 Å². The Labute approximate surface area is 134 Å². The van der Waals surface area contributed by atoms with E-state index < -0.39 is 6.29 Å². The summed E-state index contributed by atoms with van der Waals surface area (Å²) in [4.78, 5) is 17.0. The molecular formula is C17H16ClNO3. The SMILES string of the molecule is CC(=O)OC1CC(c2ccc(Cl)cc2)N(c2ccccc2)O1. The topological polar surface area (TPSA) is 38.8 Å². The van der Waals surface area contributed by atoms with Gasteiger partial charge in [0.25, 0.3) is 0 Å². The minimum atomic E-state index is -0.585. The van der Waals surface area contributed by atoms with Crippen LogP contribution in [-0.2, 0) is 14.4 Å². The molecule has 114 valence electrons. The van der Waals surface area contributed by atoms with Gasteiger partial charge >= 0.3 is 5.97 Å². The number of ether oxygens (including phenoxy) is 1. The fourth-order valence-corrected chi connectivity index (χ4v) is 2.67. The molecule has 4 nitrogen and oxygen atoms in total. The van der Waals surface area contributed by atoms with Crippen molar-refractivity contribution in [2.75, 3.05) is 5.06 Å². The summed E-state index contributed by atoms with van der Waals surface area (Å²) >= 11 is 5.96. The Balaban J connectivity index is 1.89. The molecule has 1 fully saturated rings. The van der Waals surface area contributed by atoms with E-state index in [2.05, 4.69) is 0 Å². The van der Waals surface area contributed by atoms with Gasteiger partial charge in [0.15, 0.2) is 0 Å². The maximum absolute atomic E-state index is 11.2. The third kappa shape index (κ3) is 3.24. The van der Waals surface area contributed by atoms with E-state index in [1.54, 1.807) is 5.06 Å². The molecule has 5 heteroatoms. The van der Waals surface area contributed by atoms with E-state index in [9.17, 15) is 4.79 Å². The molecule has 0 aliphatic carbocycles. The maximum atomic E-state index is 11.2. The largest absolute Gasteiger partial charge is 0.434 e. The zero-order valence-corrected chi connectivity index (χ0v) is 12.9. The summed E-state index contributed by atoms with van der Waals surface area (Å²) in [5.74, 6) is -0.352. The second kappa shape index (κ2) is 6.38. The summed E-state index contributed by atoms with van der Waals surface area (Å²) in [6.07, 6.45) is -0.0192. The van der Waals surface area contributed by atoms with Crippen LogP contribution < -0.4 is 5.06 Å². The van der Waals surface area contributed by atoms with E-state index in [-0.39, 0.29) is 12.0 Å². The Kier molecular flexibility index (Phi) is 4.32. The predicted octanol–water partition coefficient (Wildman–Crippen LogP) is 4.11. The molecule has 0 bridgehead atoms. The van der Waals surface area contributed by atoms with Crippen LogP contribution in [-0.4, -0.2) is 12.3 Å². The first-order valence-corrected chi connectivity index (χ1v) is 7.45. The molecule has 3 rings (SSSR count). The first-order valence-electron chi connectivity index (χ1n) is 7.07. The quantitative estimate of drug-likeness (QED) is 0.798. The number of rotatable bonds is 3. The number of esters is 1. The van der Waals surface area contributed by atoms with Crippen LogP contribution in [0.25, 0.3) is 0 Å². The molecule has 2 unspecified atom stereocenters. The van der Waals surface area contributed by atoms with Gasteiger partial charge in [0, 0.05) is 18.4 Å². The zero-order valence-electron chi connectivity index (χ0n) is 12.1. The maximum Gasteiger partial charge on any atom is 0.305 e. The number of anilines is 1. The van der Waals surface area contributed by atoms with Crippen LogP contribution in [0.2, 0.25) is 5.02 Å². The van der Waals surface area contributed by atoms with Gasteiger partial charge in [-0.2, -0.15) is 0 Å². The number of para-hydroxylation sites is 1. The molecule has 1 heterocycles. The van der Waals surface area contributed by atoms with Crippen molar-refractivity contribution < 1.29 is 14.4 Å². The summed E-state index contributed by atoms with van der Waals surface area (Å²) in [7, 11) is 0. The monoisotopic (exact) mass is 317 g/mol. The number of benzene rings is 2. The summed E-state index contributed by atoms with van der Waals surface area (Å²) in [5, 5.41) is 2.47. The molecular weight excluding hydrogens is 302 g/mol. The van der Waals surface area contributed by atoms with Gasteiger partial charge in [0.2, 0.25) is 6.29 Å². The van der Waals surface area contributed by atoms with E-state index >= 15 is 0 Å². The molecule has 0 aromatic heterocycles. The lowest BCUT2D eigenvalue weighted by Crippen LogP contribution is -2.23. The Bertz CT molecular complexity index is 645. The van der Waals surface area contributed by atoms with Crippen LogP contribution in [0, 0.1) is 0 Å². The van der Waals surface area contributed by atoms with Crippen LogP contribution in [0.3, 0.4) is 0 Å². The highest BCUT2D eigenvalue weighted by molar-refractivity contribution is 6.30. The molecule has 1 aliphatic rings. The molecule has 1 aliphatic heterocycles. The third-order valence-corrected chi connectivity index (χ3v) is 3.74. The molecule has 1 saturated heterocycles. The second-order valence-corrected chi connectivity index (χ2v) is 5.55. The normalized spacial score (nSPS) is 20.9. The van der Waals surface area contributed by atoms with Gasteiger partial charge in [-0.05, 0) is 29.8 Å². The van der Waals surface area contributed by atoms with Gasteiger partial charge in [-0.15, -0.1) is 0 Å². The summed E-state index contributed by atoms with van der Waals surface area (Å²) < 4.78 is 5.21. The van der Waals surface area contributed by atoms with Crippen LogP contribution in [0.15, 0.2) is 54.6 Å². The van der Waals surface area contributed by atoms with Crippen molar-refractivity contribution in [1.29, 1.82) is 0 Å². The Morgan fingerprint density at radius 2 is 1.86 bits per heavy atom. The first kappa shape index (κ1) is 14.9. The number of carbonyl (C=O) groups is 1. The average molecular weight is 318 g/mol. The first-order chi connectivity index (χ1) is 10.6.